The molecule has 5 heteroatoms. The van der Waals surface area contributed by atoms with Gasteiger partial charge in [-0.05, 0) is 33.1 Å². The highest BCUT2D eigenvalue weighted by atomic mass is 16.5. The monoisotopic (exact) mass is 293 g/mol. The second-order valence-corrected chi connectivity index (χ2v) is 5.91. The molecule has 0 radical (unpaired) electrons. The summed E-state index contributed by atoms with van der Waals surface area (Å²) in [5.41, 5.74) is 2.39. The molecule has 0 unspecified atom stereocenters. The number of nitrogens with zero attached hydrogens (tertiary/aromatic N) is 2. The van der Waals surface area contributed by atoms with E-state index in [1.165, 1.54) is 32.1 Å². The SMILES string of the molecule is Cc1nn(C)c(C)c1C(=O)NCCCOC1CCCCC1. The first-order valence-electron chi connectivity index (χ1n) is 7.99. The van der Waals surface area contributed by atoms with Crippen LogP contribution in [0.4, 0.5) is 0 Å². The van der Waals surface area contributed by atoms with Gasteiger partial charge in [0.05, 0.1) is 17.4 Å². The van der Waals surface area contributed by atoms with Crippen LogP contribution in [0.15, 0.2) is 0 Å². The van der Waals surface area contributed by atoms with Crippen molar-refractivity contribution < 1.29 is 9.53 Å². The van der Waals surface area contributed by atoms with E-state index >= 15 is 0 Å². The largest absolute Gasteiger partial charge is 0.378 e. The maximum absolute atomic E-state index is 12.2. The van der Waals surface area contributed by atoms with Crippen LogP contribution in [0.2, 0.25) is 0 Å². The van der Waals surface area contributed by atoms with Crippen molar-refractivity contribution in [3.8, 4) is 0 Å². The average molecular weight is 293 g/mol. The predicted molar refractivity (Wildman–Crippen MR) is 82.5 cm³/mol. The van der Waals surface area contributed by atoms with Crippen molar-refractivity contribution in [3.63, 3.8) is 0 Å². The Balaban J connectivity index is 1.67. The molecular formula is C16H27N3O2. The van der Waals surface area contributed by atoms with E-state index in [1.807, 2.05) is 20.9 Å². The molecule has 1 aromatic heterocycles. The van der Waals surface area contributed by atoms with E-state index in [2.05, 4.69) is 10.4 Å². The zero-order valence-corrected chi connectivity index (χ0v) is 13.4. The van der Waals surface area contributed by atoms with Gasteiger partial charge in [-0.3, -0.25) is 9.48 Å². The number of hydrogen-bond donors (Lipinski definition) is 1. The molecule has 0 aliphatic heterocycles. The molecule has 21 heavy (non-hydrogen) atoms. The molecule has 118 valence electrons. The Morgan fingerprint density at radius 3 is 2.67 bits per heavy atom. The normalized spacial score (nSPS) is 16.1. The van der Waals surface area contributed by atoms with Crippen LogP contribution < -0.4 is 5.32 Å². The molecule has 1 aliphatic rings. The molecule has 1 saturated carbocycles. The standard InChI is InChI=1S/C16H27N3O2/c1-12-15(13(2)19(3)18-12)16(20)17-10-7-11-21-14-8-5-4-6-9-14/h14H,4-11H2,1-3H3,(H,17,20). The minimum absolute atomic E-state index is 0.0317. The van der Waals surface area contributed by atoms with Gasteiger partial charge in [0.15, 0.2) is 0 Å². The molecule has 0 spiro atoms. The Morgan fingerprint density at radius 2 is 2.05 bits per heavy atom. The molecule has 1 aliphatic carbocycles. The van der Waals surface area contributed by atoms with Crippen molar-refractivity contribution in [1.29, 1.82) is 0 Å². The van der Waals surface area contributed by atoms with Crippen LogP contribution in [-0.4, -0.2) is 34.9 Å². The predicted octanol–water partition coefficient (Wildman–Crippen LogP) is 2.51. The molecular weight excluding hydrogens is 266 g/mol. The lowest BCUT2D eigenvalue weighted by atomic mass is 9.98. The minimum Gasteiger partial charge on any atom is -0.378 e. The topological polar surface area (TPSA) is 56.2 Å². The van der Waals surface area contributed by atoms with Gasteiger partial charge in [-0.1, -0.05) is 19.3 Å². The zero-order chi connectivity index (χ0) is 15.2. The van der Waals surface area contributed by atoms with Crippen molar-refractivity contribution in [3.05, 3.63) is 17.0 Å². The van der Waals surface area contributed by atoms with Crippen molar-refractivity contribution in [2.75, 3.05) is 13.2 Å². The number of ether oxygens (including phenoxy) is 1. The number of rotatable bonds is 6. The summed E-state index contributed by atoms with van der Waals surface area (Å²) in [6, 6.07) is 0. The highest BCUT2D eigenvalue weighted by Crippen LogP contribution is 2.20. The van der Waals surface area contributed by atoms with Gasteiger partial charge in [0.2, 0.25) is 0 Å². The molecule has 1 fully saturated rings. The third-order valence-electron chi connectivity index (χ3n) is 4.25. The molecule has 0 aromatic carbocycles. The van der Waals surface area contributed by atoms with Crippen LogP contribution in [0.25, 0.3) is 0 Å². The molecule has 0 bridgehead atoms. The Kier molecular flexibility index (Phi) is 5.79. The first-order chi connectivity index (χ1) is 10.1. The van der Waals surface area contributed by atoms with Crippen LogP contribution in [0.5, 0.6) is 0 Å². The van der Waals surface area contributed by atoms with E-state index in [9.17, 15) is 4.79 Å². The number of hydrogen-bond acceptors (Lipinski definition) is 3. The van der Waals surface area contributed by atoms with Crippen LogP contribution >= 0.6 is 0 Å². The zero-order valence-electron chi connectivity index (χ0n) is 13.4. The van der Waals surface area contributed by atoms with Gasteiger partial charge >= 0.3 is 0 Å². The van der Waals surface area contributed by atoms with E-state index in [0.717, 1.165) is 24.4 Å². The van der Waals surface area contributed by atoms with Crippen molar-refractivity contribution in [2.45, 2.75) is 58.5 Å². The fraction of sp³-hybridized carbons (Fsp3) is 0.750. The Bertz CT molecular complexity index is 476. The van der Waals surface area contributed by atoms with Gasteiger partial charge in [0, 0.05) is 25.9 Å². The highest BCUT2D eigenvalue weighted by Gasteiger charge is 2.17. The van der Waals surface area contributed by atoms with Crippen molar-refractivity contribution in [1.82, 2.24) is 15.1 Å². The fourth-order valence-electron chi connectivity index (χ4n) is 2.95. The number of carbonyl (C=O) groups is 1. The van der Waals surface area contributed by atoms with E-state index < -0.39 is 0 Å². The number of aryl methyl sites for hydroxylation is 2. The molecule has 0 atom stereocenters. The lowest BCUT2D eigenvalue weighted by molar-refractivity contribution is 0.0273. The summed E-state index contributed by atoms with van der Waals surface area (Å²) in [7, 11) is 1.86. The van der Waals surface area contributed by atoms with Gasteiger partial charge < -0.3 is 10.1 Å². The third kappa shape index (κ3) is 4.30. The summed E-state index contributed by atoms with van der Waals surface area (Å²) in [4.78, 5) is 12.2. The van der Waals surface area contributed by atoms with Crippen LogP contribution in [0, 0.1) is 13.8 Å². The van der Waals surface area contributed by atoms with Crippen molar-refractivity contribution >= 4 is 5.91 Å². The summed E-state index contributed by atoms with van der Waals surface area (Å²) >= 11 is 0. The number of carbonyl (C=O) groups excluding carboxylic acids is 1. The maximum atomic E-state index is 12.2. The van der Waals surface area contributed by atoms with E-state index in [4.69, 9.17) is 4.74 Å². The van der Waals surface area contributed by atoms with E-state index in [1.54, 1.807) is 4.68 Å². The lowest BCUT2D eigenvalue weighted by Crippen LogP contribution is -2.27. The van der Waals surface area contributed by atoms with Crippen LogP contribution in [0.1, 0.15) is 60.3 Å². The summed E-state index contributed by atoms with van der Waals surface area (Å²) in [6.45, 7) is 5.17. The van der Waals surface area contributed by atoms with Gasteiger partial charge in [-0.2, -0.15) is 5.10 Å². The second kappa shape index (κ2) is 7.59. The Hall–Kier alpha value is -1.36. The molecule has 5 nitrogen and oxygen atoms in total. The first-order valence-corrected chi connectivity index (χ1v) is 7.99. The summed E-state index contributed by atoms with van der Waals surface area (Å²) in [5.74, 6) is -0.0317. The van der Waals surface area contributed by atoms with Gasteiger partial charge in [0.25, 0.3) is 5.91 Å². The Labute approximate surface area is 127 Å². The Morgan fingerprint density at radius 1 is 1.33 bits per heavy atom. The molecule has 1 aromatic rings. The lowest BCUT2D eigenvalue weighted by Gasteiger charge is -2.21. The number of nitrogens with one attached hydrogen (secondary N) is 1. The minimum atomic E-state index is -0.0317. The molecule has 0 saturated heterocycles. The van der Waals surface area contributed by atoms with Gasteiger partial charge in [-0.25, -0.2) is 0 Å². The van der Waals surface area contributed by atoms with E-state index in [0.29, 0.717) is 18.2 Å². The summed E-state index contributed by atoms with van der Waals surface area (Å²) in [5, 5.41) is 7.23. The maximum Gasteiger partial charge on any atom is 0.255 e. The summed E-state index contributed by atoms with van der Waals surface area (Å²) < 4.78 is 7.60. The molecule has 1 N–H and O–H groups in total. The smallest absolute Gasteiger partial charge is 0.255 e. The van der Waals surface area contributed by atoms with Crippen LogP contribution in [-0.2, 0) is 11.8 Å². The highest BCUT2D eigenvalue weighted by molar-refractivity contribution is 5.96. The van der Waals surface area contributed by atoms with Gasteiger partial charge in [0.1, 0.15) is 0 Å². The second-order valence-electron chi connectivity index (χ2n) is 5.91. The third-order valence-corrected chi connectivity index (χ3v) is 4.25. The number of amides is 1. The fourth-order valence-corrected chi connectivity index (χ4v) is 2.95. The molecule has 1 amide bonds. The average Bonchev–Trinajstić information content (AvgIpc) is 2.73. The quantitative estimate of drug-likeness (QED) is 0.820. The first kappa shape index (κ1) is 16.0. The van der Waals surface area contributed by atoms with Gasteiger partial charge in [-0.15, -0.1) is 0 Å². The van der Waals surface area contributed by atoms with Crippen molar-refractivity contribution in [2.24, 2.45) is 7.05 Å². The molecule has 2 rings (SSSR count). The van der Waals surface area contributed by atoms with E-state index in [-0.39, 0.29) is 5.91 Å². The van der Waals surface area contributed by atoms with Crippen LogP contribution in [0.3, 0.4) is 0 Å². The molecule has 1 heterocycles. The number of aromatic nitrogens is 2. The summed E-state index contributed by atoms with van der Waals surface area (Å²) in [6.07, 6.45) is 7.63.